The molecule has 0 spiro atoms. The van der Waals surface area contributed by atoms with Crippen molar-refractivity contribution in [2.75, 3.05) is 0 Å². The Morgan fingerprint density at radius 2 is 0.711 bits per heavy atom. The van der Waals surface area contributed by atoms with Gasteiger partial charge < -0.3 is 0 Å². The van der Waals surface area contributed by atoms with Gasteiger partial charge in [-0.1, -0.05) is 109 Å². The van der Waals surface area contributed by atoms with Gasteiger partial charge in [0.05, 0.1) is 22.1 Å². The molecule has 0 saturated carbocycles. The summed E-state index contributed by atoms with van der Waals surface area (Å²) in [5.74, 6) is 0. The molecule has 2 nitrogen and oxygen atoms in total. The Bertz CT molecular complexity index is 2350. The van der Waals surface area contributed by atoms with E-state index in [1.54, 1.807) is 0 Å². The molecule has 0 aliphatic rings. The van der Waals surface area contributed by atoms with E-state index in [-0.39, 0.29) is 0 Å². The summed E-state index contributed by atoms with van der Waals surface area (Å²) in [6, 6.07) is 48.8. The minimum absolute atomic E-state index is 1.21. The smallest absolute Gasteiger partial charge is 0.0722 e. The van der Waals surface area contributed by atoms with Gasteiger partial charge in [-0.2, -0.15) is 0 Å². The summed E-state index contributed by atoms with van der Waals surface area (Å²) in [6.45, 7) is 0. The van der Waals surface area contributed by atoms with Crippen molar-refractivity contribution in [3.8, 4) is 0 Å². The SMILES string of the molecule is c1ccc2c(c1)ccc1c2ccc2c1ccc1c2c2ccccc2n1-n1c2ccccc2c2ccccc21. The second kappa shape index (κ2) is 7.24. The number of fused-ring (bicyclic) bond motifs is 12. The molecule has 2 heterocycles. The lowest BCUT2D eigenvalue weighted by atomic mass is 9.95. The van der Waals surface area contributed by atoms with Crippen LogP contribution in [0.15, 0.2) is 133 Å². The predicted octanol–water partition coefficient (Wildman–Crippen LogP) is 9.67. The van der Waals surface area contributed by atoms with Crippen LogP contribution in [0.2, 0.25) is 0 Å². The maximum Gasteiger partial charge on any atom is 0.0722 e. The molecular formula is C36H22N2. The summed E-state index contributed by atoms with van der Waals surface area (Å²) in [5.41, 5.74) is 4.84. The molecule has 0 radical (unpaired) electrons. The van der Waals surface area contributed by atoms with E-state index in [2.05, 4.69) is 143 Å². The topological polar surface area (TPSA) is 9.86 Å². The van der Waals surface area contributed by atoms with Gasteiger partial charge in [0.1, 0.15) is 0 Å². The van der Waals surface area contributed by atoms with Crippen LogP contribution in [-0.2, 0) is 0 Å². The zero-order chi connectivity index (χ0) is 24.8. The Morgan fingerprint density at radius 3 is 1.45 bits per heavy atom. The van der Waals surface area contributed by atoms with Gasteiger partial charge in [0.25, 0.3) is 0 Å². The van der Waals surface area contributed by atoms with Gasteiger partial charge in [0.2, 0.25) is 0 Å². The first-order valence-electron chi connectivity index (χ1n) is 13.1. The first-order chi connectivity index (χ1) is 18.9. The van der Waals surface area contributed by atoms with Crippen molar-refractivity contribution >= 4 is 75.9 Å². The Hall–Kier alpha value is -5.08. The number of hydrogen-bond acceptors (Lipinski definition) is 0. The van der Waals surface area contributed by atoms with Crippen LogP contribution in [0.5, 0.6) is 0 Å². The van der Waals surface area contributed by atoms with Crippen LogP contribution in [0.25, 0.3) is 75.9 Å². The number of hydrogen-bond donors (Lipinski definition) is 0. The highest BCUT2D eigenvalue weighted by molar-refractivity contribution is 6.27. The molecule has 9 rings (SSSR count). The lowest BCUT2D eigenvalue weighted by molar-refractivity contribution is 0.775. The molecule has 0 N–H and O–H groups in total. The van der Waals surface area contributed by atoms with E-state index in [9.17, 15) is 0 Å². The summed E-state index contributed by atoms with van der Waals surface area (Å²) in [4.78, 5) is 0. The minimum Gasteiger partial charge on any atom is -0.248 e. The fourth-order valence-electron chi connectivity index (χ4n) is 6.68. The van der Waals surface area contributed by atoms with Crippen LogP contribution in [-0.4, -0.2) is 9.35 Å². The first-order valence-corrected chi connectivity index (χ1v) is 13.1. The molecule has 0 unspecified atom stereocenters. The zero-order valence-electron chi connectivity index (χ0n) is 20.6. The number of nitrogens with zero attached hydrogens (tertiary/aromatic N) is 2. The van der Waals surface area contributed by atoms with Crippen molar-refractivity contribution < 1.29 is 0 Å². The molecule has 0 aliphatic carbocycles. The monoisotopic (exact) mass is 482 g/mol. The second-order valence-corrected chi connectivity index (χ2v) is 10.2. The predicted molar refractivity (Wildman–Crippen MR) is 162 cm³/mol. The molecule has 176 valence electrons. The molecule has 38 heavy (non-hydrogen) atoms. The molecule has 0 bridgehead atoms. The third kappa shape index (κ3) is 2.47. The Labute approximate surface area is 218 Å². The van der Waals surface area contributed by atoms with Crippen LogP contribution < -0.4 is 0 Å². The fraction of sp³-hybridized carbons (Fsp3) is 0. The molecule has 9 aromatic rings. The van der Waals surface area contributed by atoms with Crippen molar-refractivity contribution in [3.63, 3.8) is 0 Å². The van der Waals surface area contributed by atoms with Gasteiger partial charge in [-0.25, -0.2) is 9.35 Å². The highest BCUT2D eigenvalue weighted by Gasteiger charge is 2.19. The van der Waals surface area contributed by atoms with Gasteiger partial charge in [-0.15, -0.1) is 0 Å². The van der Waals surface area contributed by atoms with E-state index >= 15 is 0 Å². The van der Waals surface area contributed by atoms with Gasteiger partial charge in [-0.3, -0.25) is 0 Å². The van der Waals surface area contributed by atoms with Gasteiger partial charge in [-0.05, 0) is 56.6 Å². The van der Waals surface area contributed by atoms with Gasteiger partial charge in [0, 0.05) is 21.5 Å². The summed E-state index contributed by atoms with van der Waals surface area (Å²) < 4.78 is 4.81. The molecule has 0 atom stereocenters. The molecule has 0 amide bonds. The number of rotatable bonds is 1. The lowest BCUT2D eigenvalue weighted by Crippen LogP contribution is -2.08. The van der Waals surface area contributed by atoms with Crippen molar-refractivity contribution in [2.24, 2.45) is 0 Å². The highest BCUT2D eigenvalue weighted by Crippen LogP contribution is 2.40. The largest absolute Gasteiger partial charge is 0.248 e. The third-order valence-corrected chi connectivity index (χ3v) is 8.29. The summed E-state index contributed by atoms with van der Waals surface area (Å²) in [6.07, 6.45) is 0. The third-order valence-electron chi connectivity index (χ3n) is 8.29. The van der Waals surface area contributed by atoms with Crippen LogP contribution >= 0.6 is 0 Å². The molecule has 0 aliphatic heterocycles. The maximum absolute atomic E-state index is 2.42. The minimum atomic E-state index is 1.21. The van der Waals surface area contributed by atoms with Gasteiger partial charge >= 0.3 is 0 Å². The normalized spacial score (nSPS) is 12.2. The Balaban J connectivity index is 1.49. The van der Waals surface area contributed by atoms with Crippen molar-refractivity contribution in [3.05, 3.63) is 133 Å². The summed E-state index contributed by atoms with van der Waals surface area (Å²) in [5, 5.41) is 12.9. The van der Waals surface area contributed by atoms with E-state index in [0.717, 1.165) is 0 Å². The van der Waals surface area contributed by atoms with Crippen LogP contribution in [0.1, 0.15) is 0 Å². The average Bonchev–Trinajstić information content (AvgIpc) is 3.49. The van der Waals surface area contributed by atoms with Gasteiger partial charge in [0.15, 0.2) is 0 Å². The summed E-state index contributed by atoms with van der Waals surface area (Å²) >= 11 is 0. The lowest BCUT2D eigenvalue weighted by Gasteiger charge is -2.13. The van der Waals surface area contributed by atoms with Crippen molar-refractivity contribution in [1.29, 1.82) is 0 Å². The standard InChI is InChI=1S/C36H22N2/c1-2-10-24-23(9-1)17-18-26-25(24)19-20-30-27(26)21-22-35-36(30)31-13-5-8-16-34(31)38(35)37-32-14-6-3-11-28(32)29-12-4-7-15-33(29)37/h1-22H. The molecule has 2 aromatic heterocycles. The molecule has 0 fully saturated rings. The molecule has 0 saturated heterocycles. The van der Waals surface area contributed by atoms with E-state index in [4.69, 9.17) is 0 Å². The summed E-state index contributed by atoms with van der Waals surface area (Å²) in [7, 11) is 0. The van der Waals surface area contributed by atoms with Crippen molar-refractivity contribution in [1.82, 2.24) is 9.35 Å². The van der Waals surface area contributed by atoms with Crippen molar-refractivity contribution in [2.45, 2.75) is 0 Å². The average molecular weight is 483 g/mol. The molecule has 2 heteroatoms. The highest BCUT2D eigenvalue weighted by atomic mass is 15.5. The van der Waals surface area contributed by atoms with Crippen LogP contribution in [0, 0.1) is 0 Å². The second-order valence-electron chi connectivity index (χ2n) is 10.2. The first kappa shape index (κ1) is 20.0. The van der Waals surface area contributed by atoms with E-state index in [1.165, 1.54) is 75.9 Å². The Morgan fingerprint density at radius 1 is 0.263 bits per heavy atom. The van der Waals surface area contributed by atoms with E-state index in [1.807, 2.05) is 0 Å². The Kier molecular flexibility index (Phi) is 3.82. The quantitative estimate of drug-likeness (QED) is 0.206. The fourth-order valence-corrected chi connectivity index (χ4v) is 6.68. The van der Waals surface area contributed by atoms with Crippen LogP contribution in [0.3, 0.4) is 0 Å². The number of benzene rings is 7. The number of para-hydroxylation sites is 3. The van der Waals surface area contributed by atoms with E-state index < -0.39 is 0 Å². The van der Waals surface area contributed by atoms with E-state index in [0.29, 0.717) is 0 Å². The number of aromatic nitrogens is 2. The maximum atomic E-state index is 2.42. The molecular weight excluding hydrogens is 460 g/mol. The molecule has 7 aromatic carbocycles. The zero-order valence-corrected chi connectivity index (χ0v) is 20.6. The van der Waals surface area contributed by atoms with Crippen LogP contribution in [0.4, 0.5) is 0 Å².